The van der Waals surface area contributed by atoms with Crippen molar-refractivity contribution in [1.29, 1.82) is 0 Å². The zero-order valence-corrected chi connectivity index (χ0v) is 14.4. The van der Waals surface area contributed by atoms with Crippen molar-refractivity contribution in [3.05, 3.63) is 23.3 Å². The average Bonchev–Trinajstić information content (AvgIpc) is 2.61. The standard InChI is InChI=1S/C19H27NO3/c1-13-17(22-2)10-16(11-18(13)23-3)19(21)20-9-8-14-6-4-5-7-15(14)12-20/h10-11,14-15H,4-9,12H2,1-3H3. The van der Waals surface area contributed by atoms with E-state index in [1.54, 1.807) is 14.2 Å². The molecule has 0 bridgehead atoms. The molecule has 2 atom stereocenters. The first-order valence-electron chi connectivity index (χ1n) is 8.66. The number of methoxy groups -OCH3 is 2. The molecule has 3 rings (SSSR count). The Hall–Kier alpha value is -1.71. The molecule has 1 aliphatic carbocycles. The second kappa shape index (κ2) is 6.81. The van der Waals surface area contributed by atoms with E-state index in [1.807, 2.05) is 24.0 Å². The van der Waals surface area contributed by atoms with Gasteiger partial charge in [-0.05, 0) is 43.7 Å². The molecular formula is C19H27NO3. The predicted octanol–water partition coefficient (Wildman–Crippen LogP) is 3.66. The number of hydrogen-bond donors (Lipinski definition) is 0. The van der Waals surface area contributed by atoms with Crippen molar-refractivity contribution in [1.82, 2.24) is 4.90 Å². The van der Waals surface area contributed by atoms with Crippen molar-refractivity contribution in [2.24, 2.45) is 11.8 Å². The van der Waals surface area contributed by atoms with E-state index in [-0.39, 0.29) is 5.91 Å². The summed E-state index contributed by atoms with van der Waals surface area (Å²) in [4.78, 5) is 15.0. The predicted molar refractivity (Wildman–Crippen MR) is 90.3 cm³/mol. The number of rotatable bonds is 3. The molecule has 0 N–H and O–H groups in total. The molecule has 1 saturated heterocycles. The van der Waals surface area contributed by atoms with E-state index in [9.17, 15) is 4.79 Å². The molecule has 2 unspecified atom stereocenters. The highest BCUT2D eigenvalue weighted by molar-refractivity contribution is 5.95. The van der Waals surface area contributed by atoms with Gasteiger partial charge in [-0.15, -0.1) is 0 Å². The second-order valence-corrected chi connectivity index (χ2v) is 6.85. The van der Waals surface area contributed by atoms with Crippen LogP contribution in [0.3, 0.4) is 0 Å². The third kappa shape index (κ3) is 3.17. The maximum atomic E-state index is 12.9. The summed E-state index contributed by atoms with van der Waals surface area (Å²) in [5.74, 6) is 3.04. The Labute approximate surface area is 138 Å². The van der Waals surface area contributed by atoms with Gasteiger partial charge in [0.1, 0.15) is 11.5 Å². The topological polar surface area (TPSA) is 38.8 Å². The average molecular weight is 317 g/mol. The SMILES string of the molecule is COc1cc(C(=O)N2CCC3CCCCC3C2)cc(OC)c1C. The van der Waals surface area contributed by atoms with Gasteiger partial charge in [0.15, 0.2) is 0 Å². The molecule has 1 saturated carbocycles. The van der Waals surface area contributed by atoms with E-state index in [4.69, 9.17) is 9.47 Å². The summed E-state index contributed by atoms with van der Waals surface area (Å²) in [5, 5.41) is 0. The van der Waals surface area contributed by atoms with Gasteiger partial charge in [-0.25, -0.2) is 0 Å². The van der Waals surface area contributed by atoms with Crippen molar-refractivity contribution in [2.75, 3.05) is 27.3 Å². The van der Waals surface area contributed by atoms with E-state index < -0.39 is 0 Å². The van der Waals surface area contributed by atoms with Crippen LogP contribution in [0.25, 0.3) is 0 Å². The minimum Gasteiger partial charge on any atom is -0.496 e. The number of carbonyl (C=O) groups excluding carboxylic acids is 1. The summed E-state index contributed by atoms with van der Waals surface area (Å²) in [5.41, 5.74) is 1.59. The van der Waals surface area contributed by atoms with Crippen LogP contribution in [0.15, 0.2) is 12.1 Å². The van der Waals surface area contributed by atoms with Crippen molar-refractivity contribution >= 4 is 5.91 Å². The van der Waals surface area contributed by atoms with Gasteiger partial charge in [-0.2, -0.15) is 0 Å². The maximum Gasteiger partial charge on any atom is 0.254 e. The lowest BCUT2D eigenvalue weighted by molar-refractivity contribution is 0.0520. The van der Waals surface area contributed by atoms with E-state index in [2.05, 4.69) is 0 Å². The van der Waals surface area contributed by atoms with Gasteiger partial charge in [-0.1, -0.05) is 19.3 Å². The lowest BCUT2D eigenvalue weighted by Gasteiger charge is -2.41. The minimum absolute atomic E-state index is 0.102. The molecule has 4 nitrogen and oxygen atoms in total. The molecule has 1 aromatic carbocycles. The highest BCUT2D eigenvalue weighted by Gasteiger charge is 2.33. The van der Waals surface area contributed by atoms with Crippen LogP contribution in [0.2, 0.25) is 0 Å². The van der Waals surface area contributed by atoms with Crippen LogP contribution >= 0.6 is 0 Å². The van der Waals surface area contributed by atoms with Crippen molar-refractivity contribution in [2.45, 2.75) is 39.0 Å². The Bertz CT molecular complexity index is 559. The van der Waals surface area contributed by atoms with Crippen LogP contribution in [-0.2, 0) is 0 Å². The smallest absolute Gasteiger partial charge is 0.254 e. The molecule has 23 heavy (non-hydrogen) atoms. The first kappa shape index (κ1) is 16.2. The number of amides is 1. The van der Waals surface area contributed by atoms with E-state index in [0.717, 1.165) is 31.0 Å². The van der Waals surface area contributed by atoms with Crippen LogP contribution in [0.4, 0.5) is 0 Å². The summed E-state index contributed by atoms with van der Waals surface area (Å²) in [7, 11) is 3.26. The van der Waals surface area contributed by atoms with Gasteiger partial charge >= 0.3 is 0 Å². The van der Waals surface area contributed by atoms with E-state index in [1.165, 1.54) is 25.7 Å². The first-order valence-corrected chi connectivity index (χ1v) is 8.66. The quantitative estimate of drug-likeness (QED) is 0.854. The van der Waals surface area contributed by atoms with Crippen LogP contribution < -0.4 is 9.47 Å². The molecule has 1 aliphatic heterocycles. The van der Waals surface area contributed by atoms with Gasteiger partial charge in [0.05, 0.1) is 14.2 Å². The highest BCUT2D eigenvalue weighted by atomic mass is 16.5. The fraction of sp³-hybridized carbons (Fsp3) is 0.632. The molecule has 2 aliphatic rings. The zero-order chi connectivity index (χ0) is 16.4. The normalized spacial score (nSPS) is 24.0. The summed E-state index contributed by atoms with van der Waals surface area (Å²) in [6.07, 6.45) is 6.45. The number of fused-ring (bicyclic) bond motifs is 1. The number of ether oxygens (including phenoxy) is 2. The molecule has 0 aromatic heterocycles. The van der Waals surface area contributed by atoms with Gasteiger partial charge in [-0.3, -0.25) is 4.79 Å². The fourth-order valence-electron chi connectivity index (χ4n) is 4.18. The lowest BCUT2D eigenvalue weighted by Crippen LogP contribution is -2.44. The molecule has 2 fully saturated rings. The molecule has 4 heteroatoms. The molecule has 1 heterocycles. The van der Waals surface area contributed by atoms with E-state index >= 15 is 0 Å². The Morgan fingerprint density at radius 3 is 2.26 bits per heavy atom. The molecule has 0 radical (unpaired) electrons. The second-order valence-electron chi connectivity index (χ2n) is 6.85. The minimum atomic E-state index is 0.102. The zero-order valence-electron chi connectivity index (χ0n) is 14.4. The number of hydrogen-bond acceptors (Lipinski definition) is 3. The summed E-state index contributed by atoms with van der Waals surface area (Å²) < 4.78 is 10.8. The Morgan fingerprint density at radius 2 is 1.65 bits per heavy atom. The first-order chi connectivity index (χ1) is 11.1. The van der Waals surface area contributed by atoms with Gasteiger partial charge in [0.2, 0.25) is 0 Å². The molecule has 126 valence electrons. The van der Waals surface area contributed by atoms with Crippen molar-refractivity contribution < 1.29 is 14.3 Å². The number of carbonyl (C=O) groups is 1. The highest BCUT2D eigenvalue weighted by Crippen LogP contribution is 2.37. The lowest BCUT2D eigenvalue weighted by atomic mass is 9.75. The molecule has 1 amide bonds. The van der Waals surface area contributed by atoms with Gasteiger partial charge in [0.25, 0.3) is 5.91 Å². The Kier molecular flexibility index (Phi) is 4.79. The van der Waals surface area contributed by atoms with Crippen LogP contribution in [-0.4, -0.2) is 38.1 Å². The molecule has 1 aromatic rings. The molecule has 0 spiro atoms. The molecular weight excluding hydrogens is 290 g/mol. The monoisotopic (exact) mass is 317 g/mol. The number of nitrogens with zero attached hydrogens (tertiary/aromatic N) is 1. The third-order valence-corrected chi connectivity index (χ3v) is 5.58. The van der Waals surface area contributed by atoms with Gasteiger partial charge in [0, 0.05) is 24.2 Å². The summed E-state index contributed by atoms with van der Waals surface area (Å²) in [6.45, 7) is 3.72. The van der Waals surface area contributed by atoms with Gasteiger partial charge < -0.3 is 14.4 Å². The van der Waals surface area contributed by atoms with Crippen molar-refractivity contribution in [3.8, 4) is 11.5 Å². The van der Waals surface area contributed by atoms with Crippen LogP contribution in [0, 0.1) is 18.8 Å². The Morgan fingerprint density at radius 1 is 1.04 bits per heavy atom. The largest absolute Gasteiger partial charge is 0.496 e. The van der Waals surface area contributed by atoms with E-state index in [0.29, 0.717) is 23.0 Å². The number of benzene rings is 1. The summed E-state index contributed by atoms with van der Waals surface area (Å²) in [6, 6.07) is 3.68. The van der Waals surface area contributed by atoms with Crippen LogP contribution in [0.5, 0.6) is 11.5 Å². The number of piperidine rings is 1. The number of likely N-dealkylation sites (tertiary alicyclic amines) is 1. The third-order valence-electron chi connectivity index (χ3n) is 5.58. The maximum absolute atomic E-state index is 12.9. The summed E-state index contributed by atoms with van der Waals surface area (Å²) >= 11 is 0. The van der Waals surface area contributed by atoms with Crippen LogP contribution in [0.1, 0.15) is 48.0 Å². The fourth-order valence-corrected chi connectivity index (χ4v) is 4.18. The Balaban J connectivity index is 1.80. The van der Waals surface area contributed by atoms with Crippen molar-refractivity contribution in [3.63, 3.8) is 0 Å².